The van der Waals surface area contributed by atoms with Crippen LogP contribution in [-0.4, -0.2) is 55.9 Å². The van der Waals surface area contributed by atoms with Crippen LogP contribution < -0.4 is 9.80 Å². The van der Waals surface area contributed by atoms with Crippen molar-refractivity contribution in [3.8, 4) is 5.82 Å². The van der Waals surface area contributed by atoms with E-state index in [1.807, 2.05) is 45.2 Å². The first-order valence-electron chi connectivity index (χ1n) is 8.76. The van der Waals surface area contributed by atoms with Crippen molar-refractivity contribution in [2.45, 2.75) is 20.8 Å². The Morgan fingerprint density at radius 1 is 0.769 bits per heavy atom. The van der Waals surface area contributed by atoms with Gasteiger partial charge in [-0.2, -0.15) is 5.10 Å². The minimum absolute atomic E-state index is 0.744. The molecule has 0 amide bonds. The predicted octanol–water partition coefficient (Wildman–Crippen LogP) is 1.70. The Morgan fingerprint density at radius 3 is 2.08 bits per heavy atom. The third kappa shape index (κ3) is 3.35. The van der Waals surface area contributed by atoms with Crippen LogP contribution in [0.5, 0.6) is 0 Å². The van der Waals surface area contributed by atoms with Crippen molar-refractivity contribution in [3.05, 3.63) is 47.8 Å². The van der Waals surface area contributed by atoms with Crippen molar-refractivity contribution in [3.63, 3.8) is 0 Å². The number of nitrogens with zero attached hydrogens (tertiary/aromatic N) is 8. The lowest BCUT2D eigenvalue weighted by atomic mass is 10.3. The van der Waals surface area contributed by atoms with Crippen LogP contribution in [-0.2, 0) is 0 Å². The maximum atomic E-state index is 4.62. The van der Waals surface area contributed by atoms with Gasteiger partial charge >= 0.3 is 0 Å². The highest BCUT2D eigenvalue weighted by atomic mass is 15.3. The fourth-order valence-electron chi connectivity index (χ4n) is 3.20. The molecule has 134 valence electrons. The Kier molecular flexibility index (Phi) is 4.24. The molecule has 1 aliphatic heterocycles. The average molecular weight is 350 g/mol. The summed E-state index contributed by atoms with van der Waals surface area (Å²) in [5, 5.41) is 4.27. The van der Waals surface area contributed by atoms with Crippen molar-refractivity contribution in [1.29, 1.82) is 0 Å². The maximum absolute atomic E-state index is 4.62. The van der Waals surface area contributed by atoms with Crippen LogP contribution in [0.25, 0.3) is 5.82 Å². The van der Waals surface area contributed by atoms with E-state index in [0.29, 0.717) is 0 Å². The van der Waals surface area contributed by atoms with Crippen LogP contribution in [0.1, 0.15) is 17.2 Å². The van der Waals surface area contributed by atoms with Gasteiger partial charge in [0.2, 0.25) is 5.95 Å². The molecule has 0 radical (unpaired) electrons. The van der Waals surface area contributed by atoms with Crippen LogP contribution in [0, 0.1) is 20.8 Å². The molecule has 8 heteroatoms. The topological polar surface area (TPSA) is 75.9 Å². The molecule has 8 nitrogen and oxygen atoms in total. The number of piperazine rings is 1. The molecule has 0 N–H and O–H groups in total. The molecule has 4 heterocycles. The van der Waals surface area contributed by atoms with E-state index in [4.69, 9.17) is 0 Å². The van der Waals surface area contributed by atoms with Crippen LogP contribution in [0.3, 0.4) is 0 Å². The van der Waals surface area contributed by atoms with E-state index in [1.54, 1.807) is 10.9 Å². The van der Waals surface area contributed by atoms with Gasteiger partial charge in [-0.25, -0.2) is 24.6 Å². The Labute approximate surface area is 152 Å². The van der Waals surface area contributed by atoms with Crippen molar-refractivity contribution >= 4 is 11.8 Å². The van der Waals surface area contributed by atoms with E-state index in [1.165, 1.54) is 0 Å². The van der Waals surface area contributed by atoms with Gasteiger partial charge in [0.25, 0.3) is 0 Å². The normalized spacial score (nSPS) is 14.7. The molecular formula is C18H22N8. The molecule has 3 aromatic rings. The van der Waals surface area contributed by atoms with Gasteiger partial charge in [0, 0.05) is 56.0 Å². The number of rotatable bonds is 3. The van der Waals surface area contributed by atoms with Gasteiger partial charge < -0.3 is 9.80 Å². The van der Waals surface area contributed by atoms with Crippen molar-refractivity contribution in [1.82, 2.24) is 29.7 Å². The van der Waals surface area contributed by atoms with Crippen LogP contribution in [0.4, 0.5) is 11.8 Å². The third-order valence-corrected chi connectivity index (χ3v) is 4.41. The number of anilines is 2. The lowest BCUT2D eigenvalue weighted by molar-refractivity contribution is 0.630. The number of aryl methyl sites for hydroxylation is 3. The molecule has 1 fully saturated rings. The molecule has 0 aromatic carbocycles. The molecule has 3 aromatic heterocycles. The second kappa shape index (κ2) is 6.70. The summed E-state index contributed by atoms with van der Waals surface area (Å²) in [6.07, 6.45) is 3.64. The highest BCUT2D eigenvalue weighted by molar-refractivity contribution is 5.46. The average Bonchev–Trinajstić information content (AvgIpc) is 3.15. The van der Waals surface area contributed by atoms with E-state index in [9.17, 15) is 0 Å². The van der Waals surface area contributed by atoms with Gasteiger partial charge in [-0.3, -0.25) is 0 Å². The Morgan fingerprint density at radius 2 is 1.42 bits per heavy atom. The summed E-state index contributed by atoms with van der Waals surface area (Å²) in [7, 11) is 0. The van der Waals surface area contributed by atoms with Crippen LogP contribution in [0.15, 0.2) is 30.6 Å². The molecule has 0 bridgehead atoms. The summed E-state index contributed by atoms with van der Waals surface area (Å²) in [5.74, 6) is 3.29. The summed E-state index contributed by atoms with van der Waals surface area (Å²) >= 11 is 0. The summed E-state index contributed by atoms with van der Waals surface area (Å²) in [4.78, 5) is 22.8. The maximum Gasteiger partial charge on any atom is 0.225 e. The minimum atomic E-state index is 0.744. The largest absolute Gasteiger partial charge is 0.353 e. The predicted molar refractivity (Wildman–Crippen MR) is 99.8 cm³/mol. The molecule has 1 saturated heterocycles. The van der Waals surface area contributed by atoms with E-state index < -0.39 is 0 Å². The van der Waals surface area contributed by atoms with Crippen LogP contribution in [0.2, 0.25) is 0 Å². The van der Waals surface area contributed by atoms with Gasteiger partial charge in [-0.15, -0.1) is 0 Å². The van der Waals surface area contributed by atoms with Crippen molar-refractivity contribution in [2.75, 3.05) is 36.0 Å². The third-order valence-electron chi connectivity index (χ3n) is 4.41. The van der Waals surface area contributed by atoms with Gasteiger partial charge in [0.1, 0.15) is 11.6 Å². The fraction of sp³-hybridized carbons (Fsp3) is 0.389. The molecule has 0 saturated carbocycles. The van der Waals surface area contributed by atoms with Crippen molar-refractivity contribution < 1.29 is 0 Å². The molecular weight excluding hydrogens is 328 g/mol. The standard InChI is InChI=1S/C18H22N8/c1-13-11-14(2)21-18(20-13)25-9-7-24(8-10-25)16-12-17(23-15(3)22-16)26-6-4-5-19-26/h4-6,11-12H,7-10H2,1-3H3. The zero-order valence-electron chi connectivity index (χ0n) is 15.3. The first-order chi connectivity index (χ1) is 12.6. The molecule has 0 aliphatic carbocycles. The lowest BCUT2D eigenvalue weighted by Gasteiger charge is -2.35. The smallest absolute Gasteiger partial charge is 0.225 e. The molecule has 0 unspecified atom stereocenters. The van der Waals surface area contributed by atoms with E-state index in [0.717, 1.165) is 61.0 Å². The zero-order chi connectivity index (χ0) is 18.1. The van der Waals surface area contributed by atoms with Gasteiger partial charge in [-0.1, -0.05) is 0 Å². The SMILES string of the molecule is Cc1cc(C)nc(N2CCN(c3cc(-n4cccn4)nc(C)n3)CC2)n1. The molecule has 26 heavy (non-hydrogen) atoms. The molecule has 1 aliphatic rings. The Bertz CT molecular complexity index is 877. The number of hydrogen-bond donors (Lipinski definition) is 0. The minimum Gasteiger partial charge on any atom is -0.353 e. The van der Waals surface area contributed by atoms with Gasteiger partial charge in [0.15, 0.2) is 5.82 Å². The Hall–Kier alpha value is -3.03. The molecule has 4 rings (SSSR count). The van der Waals surface area contributed by atoms with E-state index >= 15 is 0 Å². The summed E-state index contributed by atoms with van der Waals surface area (Å²) in [5.41, 5.74) is 2.01. The number of aromatic nitrogens is 6. The summed E-state index contributed by atoms with van der Waals surface area (Å²) in [6.45, 7) is 9.39. The summed E-state index contributed by atoms with van der Waals surface area (Å²) in [6, 6.07) is 5.88. The van der Waals surface area contributed by atoms with E-state index in [-0.39, 0.29) is 0 Å². The monoisotopic (exact) mass is 350 g/mol. The second-order valence-corrected chi connectivity index (χ2v) is 6.51. The first kappa shape index (κ1) is 16.4. The molecule has 0 atom stereocenters. The number of hydrogen-bond acceptors (Lipinski definition) is 7. The van der Waals surface area contributed by atoms with Gasteiger partial charge in [-0.05, 0) is 32.9 Å². The Balaban J connectivity index is 1.51. The van der Waals surface area contributed by atoms with Gasteiger partial charge in [0.05, 0.1) is 0 Å². The second-order valence-electron chi connectivity index (χ2n) is 6.51. The van der Waals surface area contributed by atoms with Crippen molar-refractivity contribution in [2.24, 2.45) is 0 Å². The lowest BCUT2D eigenvalue weighted by Crippen LogP contribution is -2.47. The highest BCUT2D eigenvalue weighted by Gasteiger charge is 2.21. The highest BCUT2D eigenvalue weighted by Crippen LogP contribution is 2.19. The van der Waals surface area contributed by atoms with Crippen LogP contribution >= 0.6 is 0 Å². The fourth-order valence-corrected chi connectivity index (χ4v) is 3.20. The van der Waals surface area contributed by atoms with E-state index in [2.05, 4.69) is 34.8 Å². The first-order valence-corrected chi connectivity index (χ1v) is 8.76. The quantitative estimate of drug-likeness (QED) is 0.711. The molecule has 0 spiro atoms. The zero-order valence-corrected chi connectivity index (χ0v) is 15.3. The summed E-state index contributed by atoms with van der Waals surface area (Å²) < 4.78 is 1.76.